The van der Waals surface area contributed by atoms with E-state index in [4.69, 9.17) is 4.98 Å². The smallest absolute Gasteiger partial charge is 0.227 e. The van der Waals surface area contributed by atoms with Crippen LogP contribution in [0.4, 0.5) is 5.69 Å². The van der Waals surface area contributed by atoms with Gasteiger partial charge in [-0.2, -0.15) is 0 Å². The number of nitrogens with zero attached hydrogens (tertiary/aromatic N) is 2. The number of benzene rings is 1. The first-order valence-electron chi connectivity index (χ1n) is 9.47. The third-order valence-electron chi connectivity index (χ3n) is 4.81. The van der Waals surface area contributed by atoms with Crippen molar-refractivity contribution in [2.75, 3.05) is 5.32 Å². The fourth-order valence-electron chi connectivity index (χ4n) is 3.19. The summed E-state index contributed by atoms with van der Waals surface area (Å²) in [5.74, 6) is 0.195. The number of imidazole rings is 1. The van der Waals surface area contributed by atoms with Crippen molar-refractivity contribution >= 4 is 17.2 Å². The zero-order valence-corrected chi connectivity index (χ0v) is 15.8. The van der Waals surface area contributed by atoms with Gasteiger partial charge in [0.15, 0.2) is 0 Å². The third kappa shape index (κ3) is 4.13. The summed E-state index contributed by atoms with van der Waals surface area (Å²) in [4.78, 5) is 17.3. The summed E-state index contributed by atoms with van der Waals surface area (Å²) in [6, 6.07) is 12.1. The number of amides is 1. The van der Waals surface area contributed by atoms with Crippen molar-refractivity contribution in [2.24, 2.45) is 5.92 Å². The lowest BCUT2D eigenvalue weighted by Crippen LogP contribution is -2.22. The molecule has 1 aromatic carbocycles. The first-order chi connectivity index (χ1) is 12.6. The molecule has 4 heteroatoms. The van der Waals surface area contributed by atoms with Gasteiger partial charge < -0.3 is 9.72 Å². The van der Waals surface area contributed by atoms with E-state index in [1.807, 2.05) is 41.1 Å². The van der Waals surface area contributed by atoms with Crippen LogP contribution in [-0.2, 0) is 4.79 Å². The molecule has 0 spiro atoms. The molecule has 2 aromatic heterocycles. The summed E-state index contributed by atoms with van der Waals surface area (Å²) >= 11 is 0. The largest absolute Gasteiger partial charge is 0.326 e. The number of hydrogen-bond acceptors (Lipinski definition) is 2. The fraction of sp³-hybridized carbons (Fsp3) is 0.364. The Kier molecular flexibility index (Phi) is 5.71. The number of unbranched alkanes of at least 4 members (excludes halogenated alkanes) is 1. The molecule has 1 N–H and O–H groups in total. The summed E-state index contributed by atoms with van der Waals surface area (Å²) in [5, 5.41) is 3.08. The van der Waals surface area contributed by atoms with Gasteiger partial charge in [-0.05, 0) is 49.6 Å². The van der Waals surface area contributed by atoms with E-state index in [-0.39, 0.29) is 11.8 Å². The summed E-state index contributed by atoms with van der Waals surface area (Å²) in [5.41, 5.74) is 4.86. The Bertz CT molecular complexity index is 897. The molecule has 2 heterocycles. The Morgan fingerprint density at radius 1 is 1.23 bits per heavy atom. The van der Waals surface area contributed by atoms with Gasteiger partial charge in [-0.3, -0.25) is 4.79 Å². The summed E-state index contributed by atoms with van der Waals surface area (Å²) in [7, 11) is 0. The zero-order chi connectivity index (χ0) is 18.5. The van der Waals surface area contributed by atoms with E-state index in [0.717, 1.165) is 48.3 Å². The quantitative estimate of drug-likeness (QED) is 0.615. The highest BCUT2D eigenvalue weighted by Gasteiger charge is 2.16. The number of carbonyl (C=O) groups excluding carboxylic acids is 1. The molecule has 0 bridgehead atoms. The first-order valence-corrected chi connectivity index (χ1v) is 9.47. The number of aromatic nitrogens is 2. The Morgan fingerprint density at radius 2 is 2.08 bits per heavy atom. The van der Waals surface area contributed by atoms with Crippen LogP contribution in [0, 0.1) is 12.8 Å². The number of fused-ring (bicyclic) bond motifs is 1. The van der Waals surface area contributed by atoms with Gasteiger partial charge in [0.25, 0.3) is 0 Å². The standard InChI is InChI=1S/C22H27N3O/c1-4-6-8-17(5-2)22(26)23-19-10-7-9-18(14-19)20-15-25-12-11-16(3)13-21(25)24-20/h7,9-15,17H,4-6,8H2,1-3H3,(H,23,26). The van der Waals surface area contributed by atoms with E-state index in [1.165, 1.54) is 5.56 Å². The Hall–Kier alpha value is -2.62. The first kappa shape index (κ1) is 18.2. The number of rotatable bonds is 7. The number of anilines is 1. The maximum atomic E-state index is 12.5. The van der Waals surface area contributed by atoms with Gasteiger partial charge in [0.05, 0.1) is 5.69 Å². The molecule has 1 unspecified atom stereocenters. The fourth-order valence-corrected chi connectivity index (χ4v) is 3.19. The second kappa shape index (κ2) is 8.17. The molecule has 26 heavy (non-hydrogen) atoms. The molecule has 0 saturated carbocycles. The Morgan fingerprint density at radius 3 is 2.85 bits per heavy atom. The Balaban J connectivity index is 1.79. The average Bonchev–Trinajstić information content (AvgIpc) is 3.06. The molecule has 3 rings (SSSR count). The van der Waals surface area contributed by atoms with Crippen molar-refractivity contribution in [2.45, 2.75) is 46.5 Å². The molecule has 0 fully saturated rings. The number of hydrogen-bond donors (Lipinski definition) is 1. The van der Waals surface area contributed by atoms with Crippen molar-refractivity contribution in [3.05, 3.63) is 54.4 Å². The van der Waals surface area contributed by atoms with E-state index >= 15 is 0 Å². The molecule has 4 nitrogen and oxygen atoms in total. The van der Waals surface area contributed by atoms with Gasteiger partial charge >= 0.3 is 0 Å². The van der Waals surface area contributed by atoms with Crippen LogP contribution in [0.5, 0.6) is 0 Å². The van der Waals surface area contributed by atoms with Crippen molar-refractivity contribution in [1.29, 1.82) is 0 Å². The average molecular weight is 349 g/mol. The maximum absolute atomic E-state index is 12.5. The highest BCUT2D eigenvalue weighted by molar-refractivity contribution is 5.93. The number of aryl methyl sites for hydroxylation is 1. The van der Waals surface area contributed by atoms with Gasteiger partial charge in [0, 0.05) is 29.6 Å². The summed E-state index contributed by atoms with van der Waals surface area (Å²) < 4.78 is 2.02. The topological polar surface area (TPSA) is 46.4 Å². The minimum atomic E-state index is 0.0803. The van der Waals surface area contributed by atoms with Gasteiger partial charge in [0.2, 0.25) is 5.91 Å². The predicted molar refractivity (Wildman–Crippen MR) is 107 cm³/mol. The number of pyridine rings is 1. The minimum Gasteiger partial charge on any atom is -0.326 e. The molecule has 136 valence electrons. The van der Waals surface area contributed by atoms with Crippen LogP contribution < -0.4 is 5.32 Å². The number of carbonyl (C=O) groups is 1. The molecule has 0 radical (unpaired) electrons. The lowest BCUT2D eigenvalue weighted by Gasteiger charge is -2.15. The summed E-state index contributed by atoms with van der Waals surface area (Å²) in [6.07, 6.45) is 8.07. The second-order valence-electron chi connectivity index (χ2n) is 6.91. The molecule has 0 aliphatic rings. The van der Waals surface area contributed by atoms with Crippen LogP contribution in [0.15, 0.2) is 48.8 Å². The van der Waals surface area contributed by atoms with Gasteiger partial charge in [-0.25, -0.2) is 4.98 Å². The van der Waals surface area contributed by atoms with Crippen LogP contribution in [0.3, 0.4) is 0 Å². The number of nitrogens with one attached hydrogen (secondary N) is 1. The molecular formula is C22H27N3O. The van der Waals surface area contributed by atoms with Crippen molar-refractivity contribution in [1.82, 2.24) is 9.38 Å². The lowest BCUT2D eigenvalue weighted by molar-refractivity contribution is -0.120. The lowest BCUT2D eigenvalue weighted by atomic mass is 9.98. The SMILES string of the molecule is CCCCC(CC)C(=O)Nc1cccc(-c2cn3ccc(C)cc3n2)c1. The van der Waals surface area contributed by atoms with Gasteiger partial charge in [-0.15, -0.1) is 0 Å². The van der Waals surface area contributed by atoms with E-state index < -0.39 is 0 Å². The van der Waals surface area contributed by atoms with Crippen molar-refractivity contribution < 1.29 is 4.79 Å². The molecule has 0 saturated heterocycles. The normalized spacial score (nSPS) is 12.3. The molecule has 1 atom stereocenters. The van der Waals surface area contributed by atoms with Crippen LogP contribution in [-0.4, -0.2) is 15.3 Å². The van der Waals surface area contributed by atoms with Crippen LogP contribution >= 0.6 is 0 Å². The van der Waals surface area contributed by atoms with E-state index in [0.29, 0.717) is 0 Å². The molecule has 0 aliphatic heterocycles. The second-order valence-corrected chi connectivity index (χ2v) is 6.91. The van der Waals surface area contributed by atoms with E-state index in [2.05, 4.69) is 38.2 Å². The monoisotopic (exact) mass is 349 g/mol. The predicted octanol–water partition coefficient (Wildman–Crippen LogP) is 5.46. The third-order valence-corrected chi connectivity index (χ3v) is 4.81. The van der Waals surface area contributed by atoms with Crippen LogP contribution in [0.1, 0.15) is 45.1 Å². The molecular weight excluding hydrogens is 322 g/mol. The van der Waals surface area contributed by atoms with Crippen LogP contribution in [0.25, 0.3) is 16.9 Å². The van der Waals surface area contributed by atoms with Gasteiger partial charge in [0.1, 0.15) is 5.65 Å². The molecule has 0 aliphatic carbocycles. The van der Waals surface area contributed by atoms with E-state index in [9.17, 15) is 4.79 Å². The highest BCUT2D eigenvalue weighted by atomic mass is 16.1. The van der Waals surface area contributed by atoms with Crippen LogP contribution in [0.2, 0.25) is 0 Å². The molecule has 1 amide bonds. The highest BCUT2D eigenvalue weighted by Crippen LogP contribution is 2.24. The van der Waals surface area contributed by atoms with Crippen molar-refractivity contribution in [3.8, 4) is 11.3 Å². The zero-order valence-electron chi connectivity index (χ0n) is 15.8. The maximum Gasteiger partial charge on any atom is 0.227 e. The Labute approximate surface area is 155 Å². The summed E-state index contributed by atoms with van der Waals surface area (Å²) in [6.45, 7) is 6.30. The van der Waals surface area contributed by atoms with E-state index in [1.54, 1.807) is 0 Å². The van der Waals surface area contributed by atoms with Gasteiger partial charge in [-0.1, -0.05) is 38.8 Å². The van der Waals surface area contributed by atoms with Crippen molar-refractivity contribution in [3.63, 3.8) is 0 Å². The minimum absolute atomic E-state index is 0.0803. The molecule has 3 aromatic rings.